The molecule has 0 amide bonds. The molecular formula is C14H23NO. The smallest absolute Gasteiger partial charge is 0.155 e. The molecule has 0 heterocycles. The van der Waals surface area contributed by atoms with Crippen LogP contribution in [0, 0.1) is 10.8 Å². The molecule has 2 fully saturated rings. The molecule has 2 heteroatoms. The van der Waals surface area contributed by atoms with Gasteiger partial charge in [0.05, 0.1) is 10.8 Å². The molecule has 0 atom stereocenters. The van der Waals surface area contributed by atoms with E-state index in [0.29, 0.717) is 11.8 Å². The van der Waals surface area contributed by atoms with Gasteiger partial charge >= 0.3 is 0 Å². The summed E-state index contributed by atoms with van der Waals surface area (Å²) >= 11 is 0. The Balaban J connectivity index is 2.19. The van der Waals surface area contributed by atoms with Gasteiger partial charge in [0, 0.05) is 11.8 Å². The van der Waals surface area contributed by atoms with E-state index in [4.69, 9.17) is 4.99 Å². The standard InChI is InChI=1S/C14H23NO/c1-13(2)11(14(3,4)12(13)16)15-10-8-6-5-7-9-10/h10H,5-9H2,1-4H3. The molecule has 0 unspecified atom stereocenters. The minimum absolute atomic E-state index is 0.305. The number of hydrogen-bond donors (Lipinski definition) is 0. The zero-order chi connectivity index (χ0) is 12.0. The van der Waals surface area contributed by atoms with Crippen molar-refractivity contribution in [3.8, 4) is 0 Å². The van der Waals surface area contributed by atoms with Crippen molar-refractivity contribution in [3.63, 3.8) is 0 Å². The van der Waals surface area contributed by atoms with E-state index < -0.39 is 0 Å². The van der Waals surface area contributed by atoms with Gasteiger partial charge in [0.15, 0.2) is 5.78 Å². The van der Waals surface area contributed by atoms with Crippen molar-refractivity contribution < 1.29 is 4.79 Å². The zero-order valence-corrected chi connectivity index (χ0v) is 11.0. The molecule has 0 N–H and O–H groups in total. The minimum Gasteiger partial charge on any atom is -0.298 e. The molecular weight excluding hydrogens is 198 g/mol. The maximum absolute atomic E-state index is 12.0. The Morgan fingerprint density at radius 3 is 2.00 bits per heavy atom. The fourth-order valence-corrected chi connectivity index (χ4v) is 3.43. The van der Waals surface area contributed by atoms with Crippen molar-refractivity contribution in [2.24, 2.45) is 15.8 Å². The summed E-state index contributed by atoms with van der Waals surface area (Å²) in [6.07, 6.45) is 6.38. The summed E-state index contributed by atoms with van der Waals surface area (Å²) in [4.78, 5) is 16.9. The molecule has 0 aromatic rings. The van der Waals surface area contributed by atoms with Crippen LogP contribution in [0.3, 0.4) is 0 Å². The third kappa shape index (κ3) is 1.63. The van der Waals surface area contributed by atoms with Crippen LogP contribution >= 0.6 is 0 Å². The largest absolute Gasteiger partial charge is 0.298 e. The van der Waals surface area contributed by atoms with Crippen LogP contribution in [0.1, 0.15) is 59.8 Å². The van der Waals surface area contributed by atoms with Crippen LogP contribution in [0.15, 0.2) is 4.99 Å². The van der Waals surface area contributed by atoms with Crippen LogP contribution in [0.25, 0.3) is 0 Å². The fraction of sp³-hybridized carbons (Fsp3) is 0.857. The second-order valence-corrected chi connectivity index (χ2v) is 6.35. The maximum Gasteiger partial charge on any atom is 0.155 e. The number of carbonyl (C=O) groups excluding carboxylic acids is 1. The van der Waals surface area contributed by atoms with Gasteiger partial charge < -0.3 is 0 Å². The molecule has 2 rings (SSSR count). The average Bonchev–Trinajstić information content (AvgIpc) is 2.26. The summed E-state index contributed by atoms with van der Waals surface area (Å²) in [6, 6.07) is 0.482. The second-order valence-electron chi connectivity index (χ2n) is 6.35. The Morgan fingerprint density at radius 1 is 1.00 bits per heavy atom. The first-order valence-corrected chi connectivity index (χ1v) is 6.50. The molecule has 0 bridgehead atoms. The number of hydrogen-bond acceptors (Lipinski definition) is 2. The minimum atomic E-state index is -0.305. The van der Waals surface area contributed by atoms with E-state index in [0.717, 1.165) is 5.71 Å². The van der Waals surface area contributed by atoms with E-state index in [1.165, 1.54) is 32.1 Å². The van der Waals surface area contributed by atoms with Gasteiger partial charge in [-0.1, -0.05) is 19.3 Å². The van der Waals surface area contributed by atoms with E-state index in [2.05, 4.69) is 0 Å². The van der Waals surface area contributed by atoms with Gasteiger partial charge in [0.25, 0.3) is 0 Å². The summed E-state index contributed by atoms with van der Waals surface area (Å²) < 4.78 is 0. The summed E-state index contributed by atoms with van der Waals surface area (Å²) in [7, 11) is 0. The van der Waals surface area contributed by atoms with Crippen molar-refractivity contribution in [1.82, 2.24) is 0 Å². The Labute approximate surface area is 98.5 Å². The monoisotopic (exact) mass is 221 g/mol. The van der Waals surface area contributed by atoms with Gasteiger partial charge in [-0.15, -0.1) is 0 Å². The average molecular weight is 221 g/mol. The first-order valence-electron chi connectivity index (χ1n) is 6.50. The van der Waals surface area contributed by atoms with E-state index in [1.54, 1.807) is 0 Å². The van der Waals surface area contributed by atoms with Crippen molar-refractivity contribution in [3.05, 3.63) is 0 Å². The highest BCUT2D eigenvalue weighted by atomic mass is 16.1. The number of nitrogens with zero attached hydrogens (tertiary/aromatic N) is 1. The highest BCUT2D eigenvalue weighted by Crippen LogP contribution is 2.47. The Hall–Kier alpha value is -0.660. The summed E-state index contributed by atoms with van der Waals surface area (Å²) in [5.74, 6) is 0.342. The first-order chi connectivity index (χ1) is 7.37. The molecule has 16 heavy (non-hydrogen) atoms. The predicted octanol–water partition coefficient (Wildman–Crippen LogP) is 3.40. The van der Waals surface area contributed by atoms with E-state index in [9.17, 15) is 4.79 Å². The first kappa shape index (κ1) is 11.8. The quantitative estimate of drug-likeness (QED) is 0.667. The SMILES string of the molecule is CC1(C)C(=O)C(C)(C)C1=NC1CCCCC1. The molecule has 2 aliphatic carbocycles. The molecule has 0 saturated heterocycles. The lowest BCUT2D eigenvalue weighted by Gasteiger charge is -2.49. The molecule has 0 aromatic carbocycles. The second kappa shape index (κ2) is 3.68. The molecule has 0 aromatic heterocycles. The number of ketones is 1. The van der Waals surface area contributed by atoms with E-state index in [1.807, 2.05) is 27.7 Å². The van der Waals surface area contributed by atoms with Crippen LogP contribution in [0.4, 0.5) is 0 Å². The summed E-state index contributed by atoms with van der Waals surface area (Å²) in [5, 5.41) is 0. The molecule has 0 spiro atoms. The lowest BCUT2D eigenvalue weighted by atomic mass is 9.53. The number of carbonyl (C=O) groups is 1. The highest BCUT2D eigenvalue weighted by molar-refractivity contribution is 6.31. The van der Waals surface area contributed by atoms with Gasteiger partial charge in [0.2, 0.25) is 0 Å². The van der Waals surface area contributed by atoms with Crippen molar-refractivity contribution in [2.45, 2.75) is 65.8 Å². The van der Waals surface area contributed by atoms with Crippen LogP contribution in [-0.4, -0.2) is 17.5 Å². The van der Waals surface area contributed by atoms with Crippen molar-refractivity contribution in [2.75, 3.05) is 0 Å². The van der Waals surface area contributed by atoms with E-state index in [-0.39, 0.29) is 10.8 Å². The van der Waals surface area contributed by atoms with Gasteiger partial charge in [-0.3, -0.25) is 9.79 Å². The Morgan fingerprint density at radius 2 is 1.50 bits per heavy atom. The van der Waals surface area contributed by atoms with Gasteiger partial charge in [-0.2, -0.15) is 0 Å². The maximum atomic E-state index is 12.0. The molecule has 2 nitrogen and oxygen atoms in total. The molecule has 90 valence electrons. The zero-order valence-electron chi connectivity index (χ0n) is 11.0. The van der Waals surface area contributed by atoms with E-state index >= 15 is 0 Å². The lowest BCUT2D eigenvalue weighted by Crippen LogP contribution is -2.61. The van der Waals surface area contributed by atoms with Gasteiger partial charge in [-0.05, 0) is 40.5 Å². The topological polar surface area (TPSA) is 29.4 Å². The summed E-state index contributed by atoms with van der Waals surface area (Å²) in [5.41, 5.74) is 0.527. The number of rotatable bonds is 1. The van der Waals surface area contributed by atoms with Crippen molar-refractivity contribution >= 4 is 11.5 Å². The molecule has 2 aliphatic rings. The predicted molar refractivity (Wildman–Crippen MR) is 66.9 cm³/mol. The Bertz CT molecular complexity index is 313. The number of Topliss-reactive ketones (excluding diaryl/α,β-unsaturated/α-hetero) is 1. The van der Waals surface area contributed by atoms with Gasteiger partial charge in [-0.25, -0.2) is 0 Å². The normalized spacial score (nSPS) is 28.8. The fourth-order valence-electron chi connectivity index (χ4n) is 3.43. The number of aliphatic imine (C=N–C) groups is 1. The molecule has 2 saturated carbocycles. The van der Waals surface area contributed by atoms with Crippen LogP contribution in [-0.2, 0) is 4.79 Å². The molecule has 0 radical (unpaired) electrons. The highest BCUT2D eigenvalue weighted by Gasteiger charge is 2.58. The van der Waals surface area contributed by atoms with Crippen molar-refractivity contribution in [1.29, 1.82) is 0 Å². The third-order valence-corrected chi connectivity index (χ3v) is 4.21. The lowest BCUT2D eigenvalue weighted by molar-refractivity contribution is -0.134. The van der Waals surface area contributed by atoms with Crippen LogP contribution < -0.4 is 0 Å². The Kier molecular flexibility index (Phi) is 2.72. The van der Waals surface area contributed by atoms with Crippen LogP contribution in [0.2, 0.25) is 0 Å². The third-order valence-electron chi connectivity index (χ3n) is 4.21. The van der Waals surface area contributed by atoms with Gasteiger partial charge in [0.1, 0.15) is 0 Å². The van der Waals surface area contributed by atoms with Crippen LogP contribution in [0.5, 0.6) is 0 Å². The molecule has 0 aliphatic heterocycles. The summed E-state index contributed by atoms with van der Waals surface area (Å²) in [6.45, 7) is 8.06.